The molecule has 0 unspecified atom stereocenters. The number of carbonyl (C=O) groups is 1. The third kappa shape index (κ3) is 5.28. The standard InChI is InChI=1S/C12H24N2O/c1-2-3-4-5-12(15)10-14-8-6-11(13)7-9-14/h11H,2-10,13H2,1H3. The van der Waals surface area contributed by atoms with E-state index < -0.39 is 0 Å². The average molecular weight is 212 g/mol. The molecule has 1 aliphatic rings. The first kappa shape index (κ1) is 12.7. The molecule has 2 N–H and O–H groups in total. The highest BCUT2D eigenvalue weighted by molar-refractivity contribution is 5.80. The van der Waals surface area contributed by atoms with E-state index in [9.17, 15) is 4.79 Å². The SMILES string of the molecule is CCCCCC(=O)CN1CCC(N)CC1. The highest BCUT2D eigenvalue weighted by Crippen LogP contribution is 2.09. The van der Waals surface area contributed by atoms with Crippen molar-refractivity contribution >= 4 is 5.78 Å². The van der Waals surface area contributed by atoms with Gasteiger partial charge in [0.2, 0.25) is 0 Å². The highest BCUT2D eigenvalue weighted by atomic mass is 16.1. The van der Waals surface area contributed by atoms with Crippen LogP contribution in [0.15, 0.2) is 0 Å². The molecule has 88 valence electrons. The second kappa shape index (κ2) is 6.96. The van der Waals surface area contributed by atoms with Crippen LogP contribution in [-0.4, -0.2) is 36.4 Å². The Morgan fingerprint density at radius 3 is 2.60 bits per heavy atom. The van der Waals surface area contributed by atoms with Crippen LogP contribution in [0.1, 0.15) is 45.4 Å². The molecule has 3 nitrogen and oxygen atoms in total. The summed E-state index contributed by atoms with van der Waals surface area (Å²) in [6, 6.07) is 0.358. The summed E-state index contributed by atoms with van der Waals surface area (Å²) < 4.78 is 0. The van der Waals surface area contributed by atoms with Crippen LogP contribution < -0.4 is 5.73 Å². The molecule has 0 aliphatic carbocycles. The van der Waals surface area contributed by atoms with Crippen molar-refractivity contribution in [3.8, 4) is 0 Å². The van der Waals surface area contributed by atoms with Gasteiger partial charge in [0.15, 0.2) is 0 Å². The summed E-state index contributed by atoms with van der Waals surface area (Å²) in [5, 5.41) is 0. The van der Waals surface area contributed by atoms with Crippen molar-refractivity contribution in [1.29, 1.82) is 0 Å². The molecule has 0 amide bonds. The molecule has 1 aliphatic heterocycles. The number of Topliss-reactive ketones (excluding diaryl/α,β-unsaturated/α-hetero) is 1. The van der Waals surface area contributed by atoms with Crippen molar-refractivity contribution in [2.75, 3.05) is 19.6 Å². The zero-order valence-electron chi connectivity index (χ0n) is 9.87. The van der Waals surface area contributed by atoms with Gasteiger partial charge in [0.25, 0.3) is 0 Å². The van der Waals surface area contributed by atoms with Crippen LogP contribution >= 0.6 is 0 Å². The average Bonchev–Trinajstić information content (AvgIpc) is 2.22. The number of piperidine rings is 1. The van der Waals surface area contributed by atoms with Crippen molar-refractivity contribution in [1.82, 2.24) is 4.90 Å². The first-order chi connectivity index (χ1) is 7.22. The summed E-state index contributed by atoms with van der Waals surface area (Å²) in [6.45, 7) is 4.81. The van der Waals surface area contributed by atoms with Gasteiger partial charge < -0.3 is 5.73 Å². The Morgan fingerprint density at radius 1 is 1.33 bits per heavy atom. The Balaban J connectivity index is 2.09. The molecule has 1 fully saturated rings. The number of rotatable bonds is 6. The minimum atomic E-state index is 0.358. The third-order valence-electron chi connectivity index (χ3n) is 3.09. The van der Waals surface area contributed by atoms with Gasteiger partial charge >= 0.3 is 0 Å². The van der Waals surface area contributed by atoms with Gasteiger partial charge in [-0.2, -0.15) is 0 Å². The van der Waals surface area contributed by atoms with Gasteiger partial charge in [-0.3, -0.25) is 9.69 Å². The summed E-state index contributed by atoms with van der Waals surface area (Å²) in [5.41, 5.74) is 5.81. The summed E-state index contributed by atoms with van der Waals surface area (Å²) in [7, 11) is 0. The van der Waals surface area contributed by atoms with Gasteiger partial charge in [0.05, 0.1) is 6.54 Å². The Hall–Kier alpha value is -0.410. The van der Waals surface area contributed by atoms with Crippen molar-refractivity contribution in [3.05, 3.63) is 0 Å². The monoisotopic (exact) mass is 212 g/mol. The Labute approximate surface area is 93.0 Å². The molecule has 15 heavy (non-hydrogen) atoms. The topological polar surface area (TPSA) is 46.3 Å². The largest absolute Gasteiger partial charge is 0.328 e. The van der Waals surface area contributed by atoms with Gasteiger partial charge in [-0.05, 0) is 19.3 Å². The lowest BCUT2D eigenvalue weighted by Gasteiger charge is -2.29. The number of likely N-dealkylation sites (tertiary alicyclic amines) is 1. The number of hydrogen-bond acceptors (Lipinski definition) is 3. The fourth-order valence-electron chi connectivity index (χ4n) is 2.01. The third-order valence-corrected chi connectivity index (χ3v) is 3.09. The van der Waals surface area contributed by atoms with E-state index in [0.717, 1.165) is 38.8 Å². The lowest BCUT2D eigenvalue weighted by Crippen LogP contribution is -2.41. The Morgan fingerprint density at radius 2 is 2.00 bits per heavy atom. The van der Waals surface area contributed by atoms with Crippen LogP contribution in [0, 0.1) is 0 Å². The number of nitrogens with zero attached hydrogens (tertiary/aromatic N) is 1. The van der Waals surface area contributed by atoms with Crippen molar-refractivity contribution < 1.29 is 4.79 Å². The molecular formula is C12H24N2O. The summed E-state index contributed by atoms with van der Waals surface area (Å²) >= 11 is 0. The van der Waals surface area contributed by atoms with E-state index in [-0.39, 0.29) is 0 Å². The minimum absolute atomic E-state index is 0.358. The fraction of sp³-hybridized carbons (Fsp3) is 0.917. The Bertz CT molecular complexity index is 186. The van der Waals surface area contributed by atoms with Crippen LogP contribution in [-0.2, 0) is 4.79 Å². The Kier molecular flexibility index (Phi) is 5.88. The first-order valence-electron chi connectivity index (χ1n) is 6.22. The molecule has 0 spiro atoms. The van der Waals surface area contributed by atoms with Crippen molar-refractivity contribution in [2.24, 2.45) is 5.73 Å². The highest BCUT2D eigenvalue weighted by Gasteiger charge is 2.17. The predicted molar refractivity (Wildman–Crippen MR) is 62.8 cm³/mol. The fourth-order valence-corrected chi connectivity index (χ4v) is 2.01. The summed E-state index contributed by atoms with van der Waals surface area (Å²) in [6.07, 6.45) is 6.27. The van der Waals surface area contributed by atoms with Gasteiger partial charge in [-0.25, -0.2) is 0 Å². The second-order valence-corrected chi connectivity index (χ2v) is 4.61. The summed E-state index contributed by atoms with van der Waals surface area (Å²) in [4.78, 5) is 13.8. The van der Waals surface area contributed by atoms with Crippen LogP contribution in [0.2, 0.25) is 0 Å². The van der Waals surface area contributed by atoms with Gasteiger partial charge in [-0.15, -0.1) is 0 Å². The molecule has 0 aromatic rings. The quantitative estimate of drug-likeness (QED) is 0.680. The molecule has 0 atom stereocenters. The smallest absolute Gasteiger partial charge is 0.146 e. The van der Waals surface area contributed by atoms with E-state index >= 15 is 0 Å². The van der Waals surface area contributed by atoms with Crippen LogP contribution in [0.4, 0.5) is 0 Å². The molecule has 1 heterocycles. The maximum atomic E-state index is 11.6. The molecule has 1 rings (SSSR count). The number of carbonyl (C=O) groups excluding carboxylic acids is 1. The maximum Gasteiger partial charge on any atom is 0.146 e. The van der Waals surface area contributed by atoms with Gasteiger partial charge in [-0.1, -0.05) is 19.8 Å². The number of nitrogens with two attached hydrogens (primary N) is 1. The van der Waals surface area contributed by atoms with E-state index in [1.165, 1.54) is 12.8 Å². The normalized spacial score (nSPS) is 19.3. The zero-order chi connectivity index (χ0) is 11.1. The van der Waals surface area contributed by atoms with Gasteiger partial charge in [0, 0.05) is 25.6 Å². The minimum Gasteiger partial charge on any atom is -0.328 e. The van der Waals surface area contributed by atoms with Crippen LogP contribution in [0.25, 0.3) is 0 Å². The zero-order valence-corrected chi connectivity index (χ0v) is 9.87. The van der Waals surface area contributed by atoms with E-state index in [1.54, 1.807) is 0 Å². The van der Waals surface area contributed by atoms with Crippen molar-refractivity contribution in [2.45, 2.75) is 51.5 Å². The predicted octanol–water partition coefficient (Wildman–Crippen LogP) is 1.56. The second-order valence-electron chi connectivity index (χ2n) is 4.61. The molecule has 0 radical (unpaired) electrons. The van der Waals surface area contributed by atoms with E-state index in [2.05, 4.69) is 11.8 Å². The number of hydrogen-bond donors (Lipinski definition) is 1. The van der Waals surface area contributed by atoms with E-state index in [0.29, 0.717) is 18.4 Å². The van der Waals surface area contributed by atoms with Gasteiger partial charge in [0.1, 0.15) is 5.78 Å². The lowest BCUT2D eigenvalue weighted by atomic mass is 10.1. The van der Waals surface area contributed by atoms with Crippen LogP contribution in [0.3, 0.4) is 0 Å². The number of unbranched alkanes of at least 4 members (excludes halogenated alkanes) is 2. The molecule has 1 saturated heterocycles. The molecule has 0 aromatic carbocycles. The van der Waals surface area contributed by atoms with E-state index in [4.69, 9.17) is 5.73 Å². The van der Waals surface area contributed by atoms with Crippen LogP contribution in [0.5, 0.6) is 0 Å². The van der Waals surface area contributed by atoms with Crippen molar-refractivity contribution in [3.63, 3.8) is 0 Å². The molecule has 3 heteroatoms. The maximum absolute atomic E-state index is 11.6. The lowest BCUT2D eigenvalue weighted by molar-refractivity contribution is -0.120. The molecule has 0 saturated carbocycles. The van der Waals surface area contributed by atoms with E-state index in [1.807, 2.05) is 0 Å². The molecular weight excluding hydrogens is 188 g/mol. The number of ketones is 1. The molecule has 0 aromatic heterocycles. The molecule has 0 bridgehead atoms. The summed E-state index contributed by atoms with van der Waals surface area (Å²) in [5.74, 6) is 0.402. The first-order valence-corrected chi connectivity index (χ1v) is 6.22.